The van der Waals surface area contributed by atoms with Crippen molar-refractivity contribution >= 4 is 22.4 Å². The number of rotatable bonds is 5. The van der Waals surface area contributed by atoms with Crippen LogP contribution in [-0.2, 0) is 0 Å². The summed E-state index contributed by atoms with van der Waals surface area (Å²) in [6.07, 6.45) is 2.80. The molecule has 0 N–H and O–H groups in total. The van der Waals surface area contributed by atoms with Gasteiger partial charge < -0.3 is 14.5 Å². The molecule has 1 saturated heterocycles. The minimum atomic E-state index is 0.0887. The summed E-state index contributed by atoms with van der Waals surface area (Å²) in [5.41, 5.74) is 0.719. The van der Waals surface area contributed by atoms with Crippen LogP contribution in [0.25, 0.3) is 0 Å². The Bertz CT molecular complexity index is 620. The lowest BCUT2D eigenvalue weighted by atomic mass is 10.1. The standard InChI is InChI=1S/C17H21N3O2S/c1-2-12-22-15-5-3-14(4-6-15)16(21)19-8-10-20(11-9-19)17-18-7-13-23-17/h3-7,13H,2,8-12H2,1H3. The fourth-order valence-corrected chi connectivity index (χ4v) is 3.27. The number of aromatic nitrogens is 1. The molecule has 1 fully saturated rings. The van der Waals surface area contributed by atoms with E-state index in [1.54, 1.807) is 11.3 Å². The van der Waals surface area contributed by atoms with Gasteiger partial charge in [-0.25, -0.2) is 4.98 Å². The number of ether oxygens (including phenoxy) is 1. The van der Waals surface area contributed by atoms with Gasteiger partial charge in [-0.15, -0.1) is 11.3 Å². The Kier molecular flexibility index (Phi) is 5.12. The zero-order valence-electron chi connectivity index (χ0n) is 13.3. The molecular formula is C17H21N3O2S. The largest absolute Gasteiger partial charge is 0.494 e. The van der Waals surface area contributed by atoms with Crippen LogP contribution in [0.4, 0.5) is 5.13 Å². The molecular weight excluding hydrogens is 310 g/mol. The maximum absolute atomic E-state index is 12.6. The van der Waals surface area contributed by atoms with Gasteiger partial charge in [-0.3, -0.25) is 4.79 Å². The van der Waals surface area contributed by atoms with Crippen molar-refractivity contribution in [1.82, 2.24) is 9.88 Å². The van der Waals surface area contributed by atoms with Gasteiger partial charge in [0.1, 0.15) is 5.75 Å². The highest BCUT2D eigenvalue weighted by molar-refractivity contribution is 7.13. The third-order valence-electron chi connectivity index (χ3n) is 3.83. The van der Waals surface area contributed by atoms with Crippen LogP contribution in [0.2, 0.25) is 0 Å². The van der Waals surface area contributed by atoms with Crippen LogP contribution >= 0.6 is 11.3 Å². The smallest absolute Gasteiger partial charge is 0.253 e. The van der Waals surface area contributed by atoms with Crippen molar-refractivity contribution in [2.24, 2.45) is 0 Å². The van der Waals surface area contributed by atoms with Gasteiger partial charge in [0.2, 0.25) is 0 Å². The molecule has 0 radical (unpaired) electrons. The number of piperazine rings is 1. The van der Waals surface area contributed by atoms with Crippen molar-refractivity contribution in [3.8, 4) is 5.75 Å². The summed E-state index contributed by atoms with van der Waals surface area (Å²) < 4.78 is 5.55. The molecule has 0 spiro atoms. The number of carbonyl (C=O) groups excluding carboxylic acids is 1. The summed E-state index contributed by atoms with van der Waals surface area (Å²) in [6.45, 7) is 5.89. The molecule has 23 heavy (non-hydrogen) atoms. The first-order valence-corrected chi connectivity index (χ1v) is 8.82. The van der Waals surface area contributed by atoms with Crippen LogP contribution < -0.4 is 9.64 Å². The highest BCUT2D eigenvalue weighted by Crippen LogP contribution is 2.20. The number of hydrogen-bond acceptors (Lipinski definition) is 5. The first kappa shape index (κ1) is 15.8. The van der Waals surface area contributed by atoms with E-state index in [9.17, 15) is 4.79 Å². The monoisotopic (exact) mass is 331 g/mol. The predicted octanol–water partition coefficient (Wildman–Crippen LogP) is 2.89. The Morgan fingerprint density at radius 1 is 1.22 bits per heavy atom. The molecule has 1 amide bonds. The van der Waals surface area contributed by atoms with Crippen molar-refractivity contribution in [1.29, 1.82) is 0 Å². The number of carbonyl (C=O) groups is 1. The van der Waals surface area contributed by atoms with Crippen molar-refractivity contribution in [3.63, 3.8) is 0 Å². The summed E-state index contributed by atoms with van der Waals surface area (Å²) in [7, 11) is 0. The van der Waals surface area contributed by atoms with Crippen LogP contribution in [0.3, 0.4) is 0 Å². The second-order valence-corrected chi connectivity index (χ2v) is 6.34. The first-order valence-electron chi connectivity index (χ1n) is 7.94. The molecule has 0 bridgehead atoms. The van der Waals surface area contributed by atoms with Crippen LogP contribution in [-0.4, -0.2) is 48.6 Å². The first-order chi connectivity index (χ1) is 11.3. The lowest BCUT2D eigenvalue weighted by Crippen LogP contribution is -2.48. The molecule has 0 unspecified atom stereocenters. The molecule has 1 aliphatic rings. The topological polar surface area (TPSA) is 45.7 Å². The zero-order valence-corrected chi connectivity index (χ0v) is 14.1. The Morgan fingerprint density at radius 3 is 2.57 bits per heavy atom. The Morgan fingerprint density at radius 2 is 1.96 bits per heavy atom. The number of thiazole rings is 1. The van der Waals surface area contributed by atoms with Crippen LogP contribution in [0.15, 0.2) is 35.8 Å². The zero-order chi connectivity index (χ0) is 16.1. The SMILES string of the molecule is CCCOc1ccc(C(=O)N2CCN(c3nccs3)CC2)cc1. The second-order valence-electron chi connectivity index (χ2n) is 5.47. The molecule has 2 heterocycles. The number of hydrogen-bond donors (Lipinski definition) is 0. The van der Waals surface area contributed by atoms with E-state index in [2.05, 4.69) is 16.8 Å². The normalized spacial score (nSPS) is 14.8. The summed E-state index contributed by atoms with van der Waals surface area (Å²) in [5, 5.41) is 3.02. The average molecular weight is 331 g/mol. The maximum atomic E-state index is 12.6. The van der Waals surface area contributed by atoms with Crippen molar-refractivity contribution < 1.29 is 9.53 Å². The fraction of sp³-hybridized carbons (Fsp3) is 0.412. The van der Waals surface area contributed by atoms with E-state index in [1.165, 1.54) is 0 Å². The summed E-state index contributed by atoms with van der Waals surface area (Å²) >= 11 is 1.64. The highest BCUT2D eigenvalue weighted by Gasteiger charge is 2.23. The van der Waals surface area contributed by atoms with E-state index >= 15 is 0 Å². The molecule has 2 aromatic rings. The van der Waals surface area contributed by atoms with E-state index < -0.39 is 0 Å². The minimum Gasteiger partial charge on any atom is -0.494 e. The van der Waals surface area contributed by atoms with Crippen molar-refractivity contribution in [2.45, 2.75) is 13.3 Å². The molecule has 5 nitrogen and oxygen atoms in total. The molecule has 3 rings (SSSR count). The molecule has 1 aliphatic heterocycles. The number of amides is 1. The van der Waals surface area contributed by atoms with E-state index in [1.807, 2.05) is 40.7 Å². The minimum absolute atomic E-state index is 0.0887. The Balaban J connectivity index is 1.56. The Hall–Kier alpha value is -2.08. The quantitative estimate of drug-likeness (QED) is 0.845. The van der Waals surface area contributed by atoms with Gasteiger partial charge in [0.15, 0.2) is 5.13 Å². The second kappa shape index (κ2) is 7.46. The predicted molar refractivity (Wildman–Crippen MR) is 92.5 cm³/mol. The van der Waals surface area contributed by atoms with Gasteiger partial charge in [0.05, 0.1) is 6.61 Å². The van der Waals surface area contributed by atoms with Gasteiger partial charge >= 0.3 is 0 Å². The molecule has 122 valence electrons. The third-order valence-corrected chi connectivity index (χ3v) is 4.66. The van der Waals surface area contributed by atoms with Gasteiger partial charge in [-0.2, -0.15) is 0 Å². The van der Waals surface area contributed by atoms with Crippen LogP contribution in [0.5, 0.6) is 5.75 Å². The van der Waals surface area contributed by atoms with E-state index in [0.717, 1.165) is 49.0 Å². The molecule has 6 heteroatoms. The van der Waals surface area contributed by atoms with Crippen LogP contribution in [0, 0.1) is 0 Å². The lowest BCUT2D eigenvalue weighted by molar-refractivity contribution is 0.0746. The van der Waals surface area contributed by atoms with E-state index in [0.29, 0.717) is 6.61 Å². The summed E-state index contributed by atoms with van der Waals surface area (Å²) in [4.78, 5) is 21.0. The van der Waals surface area contributed by atoms with Crippen LogP contribution in [0.1, 0.15) is 23.7 Å². The highest BCUT2D eigenvalue weighted by atomic mass is 32.1. The summed E-state index contributed by atoms with van der Waals surface area (Å²) in [5.74, 6) is 0.905. The molecule has 1 aromatic heterocycles. The fourth-order valence-electron chi connectivity index (χ4n) is 2.57. The molecule has 0 atom stereocenters. The molecule has 0 aliphatic carbocycles. The number of anilines is 1. The average Bonchev–Trinajstić information content (AvgIpc) is 3.14. The van der Waals surface area contributed by atoms with E-state index in [4.69, 9.17) is 4.74 Å². The van der Waals surface area contributed by atoms with Gasteiger partial charge in [0, 0.05) is 43.3 Å². The lowest BCUT2D eigenvalue weighted by Gasteiger charge is -2.34. The van der Waals surface area contributed by atoms with Gasteiger partial charge in [-0.1, -0.05) is 6.92 Å². The summed E-state index contributed by atoms with van der Waals surface area (Å²) in [6, 6.07) is 7.43. The van der Waals surface area contributed by atoms with Crippen molar-refractivity contribution in [3.05, 3.63) is 41.4 Å². The number of benzene rings is 1. The number of nitrogens with zero attached hydrogens (tertiary/aromatic N) is 3. The van der Waals surface area contributed by atoms with Crippen molar-refractivity contribution in [2.75, 3.05) is 37.7 Å². The Labute approximate surface area is 140 Å². The maximum Gasteiger partial charge on any atom is 0.253 e. The molecule has 0 saturated carbocycles. The van der Waals surface area contributed by atoms with Gasteiger partial charge in [0.25, 0.3) is 5.91 Å². The molecule has 1 aromatic carbocycles. The van der Waals surface area contributed by atoms with E-state index in [-0.39, 0.29) is 5.91 Å². The van der Waals surface area contributed by atoms with Gasteiger partial charge in [-0.05, 0) is 30.7 Å². The third kappa shape index (κ3) is 3.82.